The molecular weight excluding hydrogens is 314 g/mol. The molecule has 1 atom stereocenters. The summed E-state index contributed by atoms with van der Waals surface area (Å²) in [6, 6.07) is 14.6. The van der Waals surface area contributed by atoms with Crippen LogP contribution in [0.25, 0.3) is 0 Å². The molecule has 0 bridgehead atoms. The van der Waals surface area contributed by atoms with Crippen LogP contribution < -0.4 is 14.8 Å². The second-order valence-electron chi connectivity index (χ2n) is 5.01. The van der Waals surface area contributed by atoms with E-state index in [-0.39, 0.29) is 5.91 Å². The van der Waals surface area contributed by atoms with Crippen molar-refractivity contribution < 1.29 is 14.3 Å². The summed E-state index contributed by atoms with van der Waals surface area (Å²) in [5, 5.41) is 3.48. The molecule has 0 saturated heterocycles. The van der Waals surface area contributed by atoms with Crippen LogP contribution in [-0.2, 0) is 11.3 Å². The van der Waals surface area contributed by atoms with Crippen LogP contribution in [0.1, 0.15) is 19.4 Å². The zero-order chi connectivity index (χ0) is 16.7. The summed E-state index contributed by atoms with van der Waals surface area (Å²) >= 11 is 5.82. The Hall–Kier alpha value is -2.20. The third-order valence-corrected chi connectivity index (χ3v) is 3.42. The summed E-state index contributed by atoms with van der Waals surface area (Å²) in [7, 11) is 0. The SMILES string of the molecule is CCOc1cccc(CNC(=O)[C@H](C)Oc2ccc(Cl)cc2)c1. The average molecular weight is 334 g/mol. The summed E-state index contributed by atoms with van der Waals surface area (Å²) in [4.78, 5) is 12.1. The molecule has 1 N–H and O–H groups in total. The Morgan fingerprint density at radius 2 is 1.91 bits per heavy atom. The molecule has 122 valence electrons. The maximum absolute atomic E-state index is 12.1. The van der Waals surface area contributed by atoms with E-state index in [1.165, 1.54) is 0 Å². The largest absolute Gasteiger partial charge is 0.494 e. The smallest absolute Gasteiger partial charge is 0.261 e. The predicted octanol–water partition coefficient (Wildman–Crippen LogP) is 3.82. The van der Waals surface area contributed by atoms with E-state index >= 15 is 0 Å². The van der Waals surface area contributed by atoms with E-state index in [1.54, 1.807) is 31.2 Å². The van der Waals surface area contributed by atoms with Crippen LogP contribution >= 0.6 is 11.6 Å². The minimum absolute atomic E-state index is 0.179. The first-order valence-electron chi connectivity index (χ1n) is 7.50. The van der Waals surface area contributed by atoms with Crippen molar-refractivity contribution >= 4 is 17.5 Å². The summed E-state index contributed by atoms with van der Waals surface area (Å²) in [6.07, 6.45) is -0.591. The van der Waals surface area contributed by atoms with E-state index in [1.807, 2.05) is 31.2 Å². The van der Waals surface area contributed by atoms with Gasteiger partial charge in [-0.25, -0.2) is 0 Å². The van der Waals surface area contributed by atoms with Crippen molar-refractivity contribution in [1.82, 2.24) is 5.32 Å². The van der Waals surface area contributed by atoms with Gasteiger partial charge in [-0.3, -0.25) is 4.79 Å². The van der Waals surface area contributed by atoms with E-state index < -0.39 is 6.10 Å². The van der Waals surface area contributed by atoms with E-state index in [2.05, 4.69) is 5.32 Å². The highest BCUT2D eigenvalue weighted by Gasteiger charge is 2.14. The minimum atomic E-state index is -0.591. The maximum Gasteiger partial charge on any atom is 0.261 e. The monoisotopic (exact) mass is 333 g/mol. The molecule has 5 heteroatoms. The molecule has 0 aromatic heterocycles. The third kappa shape index (κ3) is 5.49. The van der Waals surface area contributed by atoms with Gasteiger partial charge in [0.15, 0.2) is 6.10 Å². The van der Waals surface area contributed by atoms with Crippen LogP contribution in [0.5, 0.6) is 11.5 Å². The average Bonchev–Trinajstić information content (AvgIpc) is 2.55. The van der Waals surface area contributed by atoms with Crippen molar-refractivity contribution in [3.63, 3.8) is 0 Å². The highest BCUT2D eigenvalue weighted by molar-refractivity contribution is 6.30. The predicted molar refractivity (Wildman–Crippen MR) is 91.0 cm³/mol. The van der Waals surface area contributed by atoms with Gasteiger partial charge in [-0.05, 0) is 55.8 Å². The second kappa shape index (κ2) is 8.44. The van der Waals surface area contributed by atoms with E-state index in [4.69, 9.17) is 21.1 Å². The van der Waals surface area contributed by atoms with Crippen LogP contribution in [-0.4, -0.2) is 18.6 Å². The topological polar surface area (TPSA) is 47.6 Å². The highest BCUT2D eigenvalue weighted by atomic mass is 35.5. The van der Waals surface area contributed by atoms with Crippen LogP contribution in [0.3, 0.4) is 0 Å². The van der Waals surface area contributed by atoms with Crippen molar-refractivity contribution in [2.75, 3.05) is 6.61 Å². The van der Waals surface area contributed by atoms with Crippen LogP contribution in [0, 0.1) is 0 Å². The summed E-state index contributed by atoms with van der Waals surface area (Å²) in [5.74, 6) is 1.22. The molecule has 0 aliphatic rings. The van der Waals surface area contributed by atoms with E-state index in [0.717, 1.165) is 11.3 Å². The van der Waals surface area contributed by atoms with E-state index in [9.17, 15) is 4.79 Å². The van der Waals surface area contributed by atoms with Crippen molar-refractivity contribution in [2.45, 2.75) is 26.5 Å². The van der Waals surface area contributed by atoms with Gasteiger partial charge in [-0.1, -0.05) is 23.7 Å². The lowest BCUT2D eigenvalue weighted by Gasteiger charge is -2.15. The van der Waals surface area contributed by atoms with Gasteiger partial charge >= 0.3 is 0 Å². The molecule has 4 nitrogen and oxygen atoms in total. The number of amides is 1. The number of carbonyl (C=O) groups is 1. The van der Waals surface area contributed by atoms with Gasteiger partial charge in [0.25, 0.3) is 5.91 Å². The van der Waals surface area contributed by atoms with Gasteiger partial charge in [-0.15, -0.1) is 0 Å². The molecule has 0 heterocycles. The Morgan fingerprint density at radius 1 is 1.17 bits per heavy atom. The van der Waals surface area contributed by atoms with Crippen molar-refractivity contribution in [3.05, 3.63) is 59.1 Å². The molecular formula is C18H20ClNO3. The molecule has 0 unspecified atom stereocenters. The Kier molecular flexibility index (Phi) is 6.29. The number of carbonyl (C=O) groups excluding carboxylic acids is 1. The fraction of sp³-hybridized carbons (Fsp3) is 0.278. The molecule has 23 heavy (non-hydrogen) atoms. The number of benzene rings is 2. The quantitative estimate of drug-likeness (QED) is 0.837. The Morgan fingerprint density at radius 3 is 2.61 bits per heavy atom. The minimum Gasteiger partial charge on any atom is -0.494 e. The lowest BCUT2D eigenvalue weighted by molar-refractivity contribution is -0.127. The molecule has 0 saturated carbocycles. The van der Waals surface area contributed by atoms with Crippen LogP contribution in [0.2, 0.25) is 5.02 Å². The lowest BCUT2D eigenvalue weighted by Crippen LogP contribution is -2.35. The van der Waals surface area contributed by atoms with Gasteiger partial charge in [0.1, 0.15) is 11.5 Å². The van der Waals surface area contributed by atoms with Gasteiger partial charge in [0, 0.05) is 11.6 Å². The first kappa shape index (κ1) is 17.2. The van der Waals surface area contributed by atoms with Crippen molar-refractivity contribution in [2.24, 2.45) is 0 Å². The number of rotatable bonds is 7. The summed E-state index contributed by atoms with van der Waals surface area (Å²) in [5.41, 5.74) is 0.975. The van der Waals surface area contributed by atoms with Gasteiger partial charge < -0.3 is 14.8 Å². The highest BCUT2D eigenvalue weighted by Crippen LogP contribution is 2.17. The Bertz CT molecular complexity index is 643. The zero-order valence-electron chi connectivity index (χ0n) is 13.2. The Labute approximate surface area is 141 Å². The normalized spacial score (nSPS) is 11.6. The fourth-order valence-electron chi connectivity index (χ4n) is 2.02. The van der Waals surface area contributed by atoms with E-state index in [0.29, 0.717) is 23.9 Å². The summed E-state index contributed by atoms with van der Waals surface area (Å²) in [6.45, 7) is 4.68. The zero-order valence-corrected chi connectivity index (χ0v) is 14.0. The van der Waals surface area contributed by atoms with Gasteiger partial charge in [0.05, 0.1) is 6.61 Å². The molecule has 2 aromatic rings. The van der Waals surface area contributed by atoms with Gasteiger partial charge in [-0.2, -0.15) is 0 Å². The summed E-state index contributed by atoms with van der Waals surface area (Å²) < 4.78 is 11.0. The number of hydrogen-bond donors (Lipinski definition) is 1. The van der Waals surface area contributed by atoms with Crippen LogP contribution in [0.4, 0.5) is 0 Å². The van der Waals surface area contributed by atoms with Gasteiger partial charge in [0.2, 0.25) is 0 Å². The van der Waals surface area contributed by atoms with Crippen molar-refractivity contribution in [3.8, 4) is 11.5 Å². The molecule has 2 aromatic carbocycles. The maximum atomic E-state index is 12.1. The van der Waals surface area contributed by atoms with Crippen molar-refractivity contribution in [1.29, 1.82) is 0 Å². The number of ether oxygens (including phenoxy) is 2. The second-order valence-corrected chi connectivity index (χ2v) is 5.45. The number of nitrogens with one attached hydrogen (secondary N) is 1. The van der Waals surface area contributed by atoms with Crippen LogP contribution in [0.15, 0.2) is 48.5 Å². The molecule has 0 aliphatic carbocycles. The molecule has 1 amide bonds. The Balaban J connectivity index is 1.86. The number of halogens is 1. The molecule has 0 aliphatic heterocycles. The molecule has 0 radical (unpaired) electrons. The standard InChI is InChI=1S/C18H20ClNO3/c1-3-22-17-6-4-5-14(11-17)12-20-18(21)13(2)23-16-9-7-15(19)8-10-16/h4-11,13H,3,12H2,1-2H3,(H,20,21)/t13-/m0/s1. The molecule has 2 rings (SSSR count). The first-order valence-corrected chi connectivity index (χ1v) is 7.88. The first-order chi connectivity index (χ1) is 11.1. The third-order valence-electron chi connectivity index (χ3n) is 3.17. The molecule has 0 fully saturated rings. The fourth-order valence-corrected chi connectivity index (χ4v) is 2.14. The number of hydrogen-bond acceptors (Lipinski definition) is 3. The molecule has 0 spiro atoms. The lowest BCUT2D eigenvalue weighted by atomic mass is 10.2.